The van der Waals surface area contributed by atoms with Crippen LogP contribution >= 0.6 is 24.0 Å². The van der Waals surface area contributed by atoms with Gasteiger partial charge >= 0.3 is 0 Å². The van der Waals surface area contributed by atoms with E-state index in [1.807, 2.05) is 24.3 Å². The smallest absolute Gasteiger partial charge is 0.193 e. The average molecular weight is 431 g/mol. The standard InChI is InChI=1S/C18H29N3O.HI/c1-5-7-10-15-21(3)18(19-6-2)20-14-13-16-11-8-9-12-17(16)22-4;/h5,8-9,11-12H,1,6-7,10,13-15H2,2-4H3,(H,19,20);1H. The zero-order valence-electron chi connectivity index (χ0n) is 14.5. The number of hydrogen-bond donors (Lipinski definition) is 1. The third kappa shape index (κ3) is 8.25. The molecule has 0 saturated carbocycles. The maximum absolute atomic E-state index is 5.38. The first-order valence-corrected chi connectivity index (χ1v) is 7.95. The predicted octanol–water partition coefficient (Wildman–Crippen LogP) is 3.72. The molecule has 0 atom stereocenters. The first-order chi connectivity index (χ1) is 10.7. The van der Waals surface area contributed by atoms with E-state index in [-0.39, 0.29) is 24.0 Å². The van der Waals surface area contributed by atoms with Crippen LogP contribution in [0, 0.1) is 0 Å². The summed E-state index contributed by atoms with van der Waals surface area (Å²) in [6.45, 7) is 8.45. The molecule has 0 saturated heterocycles. The molecule has 0 amide bonds. The Bertz CT molecular complexity index is 477. The van der Waals surface area contributed by atoms with E-state index in [9.17, 15) is 0 Å². The average Bonchev–Trinajstić information content (AvgIpc) is 2.54. The van der Waals surface area contributed by atoms with Gasteiger partial charge in [0.25, 0.3) is 0 Å². The molecule has 4 nitrogen and oxygen atoms in total. The molecule has 0 bridgehead atoms. The quantitative estimate of drug-likeness (QED) is 0.213. The van der Waals surface area contributed by atoms with Crippen LogP contribution in [-0.4, -0.2) is 44.7 Å². The molecule has 130 valence electrons. The van der Waals surface area contributed by atoms with Crippen molar-refractivity contribution >= 4 is 29.9 Å². The molecule has 0 spiro atoms. The molecular weight excluding hydrogens is 401 g/mol. The molecule has 0 aromatic heterocycles. The molecule has 0 fully saturated rings. The van der Waals surface area contributed by atoms with Crippen LogP contribution in [0.5, 0.6) is 5.75 Å². The Hall–Kier alpha value is -1.24. The highest BCUT2D eigenvalue weighted by molar-refractivity contribution is 14.0. The Morgan fingerprint density at radius 3 is 2.78 bits per heavy atom. The Balaban J connectivity index is 0.00000484. The summed E-state index contributed by atoms with van der Waals surface area (Å²) in [4.78, 5) is 6.89. The van der Waals surface area contributed by atoms with Gasteiger partial charge < -0.3 is 15.0 Å². The van der Waals surface area contributed by atoms with Crippen molar-refractivity contribution in [2.75, 3.05) is 33.8 Å². The van der Waals surface area contributed by atoms with Crippen LogP contribution in [0.15, 0.2) is 41.9 Å². The van der Waals surface area contributed by atoms with Crippen molar-refractivity contribution in [3.05, 3.63) is 42.5 Å². The van der Waals surface area contributed by atoms with E-state index < -0.39 is 0 Å². The van der Waals surface area contributed by atoms with E-state index in [2.05, 4.69) is 36.8 Å². The fraction of sp³-hybridized carbons (Fsp3) is 0.500. The lowest BCUT2D eigenvalue weighted by Gasteiger charge is -2.21. The molecule has 1 rings (SSSR count). The Morgan fingerprint density at radius 1 is 1.39 bits per heavy atom. The van der Waals surface area contributed by atoms with E-state index in [0.717, 1.165) is 50.6 Å². The lowest BCUT2D eigenvalue weighted by Crippen LogP contribution is -2.39. The van der Waals surface area contributed by atoms with Crippen LogP contribution in [0.1, 0.15) is 25.3 Å². The maximum atomic E-state index is 5.38. The number of allylic oxidation sites excluding steroid dienone is 1. The van der Waals surface area contributed by atoms with Crippen LogP contribution in [-0.2, 0) is 6.42 Å². The predicted molar refractivity (Wildman–Crippen MR) is 110 cm³/mol. The number of methoxy groups -OCH3 is 1. The topological polar surface area (TPSA) is 36.9 Å². The lowest BCUT2D eigenvalue weighted by atomic mass is 10.1. The molecule has 0 aliphatic carbocycles. The van der Waals surface area contributed by atoms with E-state index in [0.29, 0.717) is 0 Å². The third-order valence-corrected chi connectivity index (χ3v) is 3.43. The van der Waals surface area contributed by atoms with E-state index in [4.69, 9.17) is 9.73 Å². The van der Waals surface area contributed by atoms with Gasteiger partial charge in [-0.25, -0.2) is 0 Å². The molecule has 0 radical (unpaired) electrons. The molecular formula is C18H30IN3O. The number of guanidine groups is 1. The van der Waals surface area contributed by atoms with Gasteiger partial charge in [-0.15, -0.1) is 30.6 Å². The Labute approximate surface area is 158 Å². The van der Waals surface area contributed by atoms with Gasteiger partial charge in [-0.3, -0.25) is 4.99 Å². The highest BCUT2D eigenvalue weighted by atomic mass is 127. The maximum Gasteiger partial charge on any atom is 0.193 e. The molecule has 0 aliphatic rings. The molecule has 1 aromatic carbocycles. The summed E-state index contributed by atoms with van der Waals surface area (Å²) >= 11 is 0. The largest absolute Gasteiger partial charge is 0.496 e. The summed E-state index contributed by atoms with van der Waals surface area (Å²) in [5, 5.41) is 3.34. The number of ether oxygens (including phenoxy) is 1. The monoisotopic (exact) mass is 431 g/mol. The summed E-state index contributed by atoms with van der Waals surface area (Å²) < 4.78 is 5.38. The number of benzene rings is 1. The zero-order valence-corrected chi connectivity index (χ0v) is 16.9. The van der Waals surface area contributed by atoms with Crippen molar-refractivity contribution in [1.82, 2.24) is 10.2 Å². The fourth-order valence-electron chi connectivity index (χ4n) is 2.24. The van der Waals surface area contributed by atoms with Crippen LogP contribution in [0.2, 0.25) is 0 Å². The van der Waals surface area contributed by atoms with Crippen molar-refractivity contribution in [2.24, 2.45) is 4.99 Å². The molecule has 0 aliphatic heterocycles. The van der Waals surface area contributed by atoms with E-state index >= 15 is 0 Å². The normalized spacial score (nSPS) is 10.7. The van der Waals surface area contributed by atoms with E-state index in [1.165, 1.54) is 5.56 Å². The Kier molecular flexibility index (Phi) is 12.5. The zero-order chi connectivity index (χ0) is 16.2. The van der Waals surface area contributed by atoms with Crippen molar-refractivity contribution in [1.29, 1.82) is 0 Å². The van der Waals surface area contributed by atoms with Gasteiger partial charge in [-0.2, -0.15) is 0 Å². The number of halogens is 1. The number of unbranched alkanes of at least 4 members (excludes halogenated alkanes) is 1. The summed E-state index contributed by atoms with van der Waals surface area (Å²) in [6.07, 6.45) is 4.96. The van der Waals surface area contributed by atoms with Gasteiger partial charge in [0.05, 0.1) is 7.11 Å². The second-order valence-electron chi connectivity index (χ2n) is 5.15. The molecule has 1 aromatic rings. The van der Waals surface area contributed by atoms with Crippen molar-refractivity contribution in [3.8, 4) is 5.75 Å². The van der Waals surface area contributed by atoms with Gasteiger partial charge in [0.1, 0.15) is 5.75 Å². The van der Waals surface area contributed by atoms with Gasteiger partial charge in [0.15, 0.2) is 5.96 Å². The van der Waals surface area contributed by atoms with Crippen molar-refractivity contribution in [3.63, 3.8) is 0 Å². The molecule has 5 heteroatoms. The summed E-state index contributed by atoms with van der Waals surface area (Å²) in [5.41, 5.74) is 1.19. The summed E-state index contributed by atoms with van der Waals surface area (Å²) in [6, 6.07) is 8.11. The van der Waals surface area contributed by atoms with Crippen LogP contribution < -0.4 is 10.1 Å². The highest BCUT2D eigenvalue weighted by Gasteiger charge is 2.05. The minimum absolute atomic E-state index is 0. The van der Waals surface area contributed by atoms with Gasteiger partial charge in [-0.05, 0) is 37.8 Å². The van der Waals surface area contributed by atoms with Crippen LogP contribution in [0.25, 0.3) is 0 Å². The first kappa shape index (κ1) is 21.8. The van der Waals surface area contributed by atoms with E-state index in [1.54, 1.807) is 7.11 Å². The van der Waals surface area contributed by atoms with Crippen molar-refractivity contribution < 1.29 is 4.74 Å². The molecule has 23 heavy (non-hydrogen) atoms. The molecule has 0 unspecified atom stereocenters. The molecule has 0 heterocycles. The highest BCUT2D eigenvalue weighted by Crippen LogP contribution is 2.17. The first-order valence-electron chi connectivity index (χ1n) is 7.95. The van der Waals surface area contributed by atoms with Crippen LogP contribution in [0.3, 0.4) is 0 Å². The number of para-hydroxylation sites is 1. The number of nitrogens with zero attached hydrogens (tertiary/aromatic N) is 2. The second-order valence-corrected chi connectivity index (χ2v) is 5.15. The third-order valence-electron chi connectivity index (χ3n) is 3.43. The number of nitrogens with one attached hydrogen (secondary N) is 1. The van der Waals surface area contributed by atoms with Crippen molar-refractivity contribution in [2.45, 2.75) is 26.2 Å². The number of rotatable bonds is 9. The summed E-state index contributed by atoms with van der Waals surface area (Å²) in [7, 11) is 3.78. The lowest BCUT2D eigenvalue weighted by molar-refractivity contribution is 0.409. The summed E-state index contributed by atoms with van der Waals surface area (Å²) in [5.74, 6) is 1.89. The molecule has 1 N–H and O–H groups in total. The minimum atomic E-state index is 0. The number of hydrogen-bond acceptors (Lipinski definition) is 2. The van der Waals surface area contributed by atoms with Gasteiger partial charge in [0, 0.05) is 26.7 Å². The second kappa shape index (κ2) is 13.2. The fourth-order valence-corrected chi connectivity index (χ4v) is 2.24. The SMILES string of the molecule is C=CCCCN(C)C(=NCCc1ccccc1OC)NCC.I. The number of aliphatic imine (C=N–C) groups is 1. The van der Waals surface area contributed by atoms with Gasteiger partial charge in [0.2, 0.25) is 0 Å². The minimum Gasteiger partial charge on any atom is -0.496 e. The van der Waals surface area contributed by atoms with Gasteiger partial charge in [-0.1, -0.05) is 24.3 Å². The Morgan fingerprint density at radius 2 is 2.13 bits per heavy atom. The van der Waals surface area contributed by atoms with Crippen LogP contribution in [0.4, 0.5) is 0 Å².